The summed E-state index contributed by atoms with van der Waals surface area (Å²) in [7, 11) is 0. The average molecular weight is 186 g/mol. The zero-order chi connectivity index (χ0) is 10.5. The van der Waals surface area contributed by atoms with Gasteiger partial charge in [0, 0.05) is 6.92 Å². The fourth-order valence-electron chi connectivity index (χ4n) is 0.568. The third-order valence-electron chi connectivity index (χ3n) is 1.34. The van der Waals surface area contributed by atoms with Crippen LogP contribution in [-0.4, -0.2) is 12.6 Å². The fraction of sp³-hybridized carbons (Fsp3) is 0.727. The maximum atomic E-state index is 10.2. The van der Waals surface area contributed by atoms with Crippen molar-refractivity contribution in [1.29, 1.82) is 0 Å². The molecule has 78 valence electrons. The molecule has 2 nitrogen and oxygen atoms in total. The standard InChI is InChI=1S/C7H14O2.C4H8/c1-3-4-5-6-9-7(2)8;1-3-4-2/h3-6H2,1-2H3;3H,1,4H2,2H3. The lowest BCUT2D eigenvalue weighted by molar-refractivity contribution is -0.141. The molecule has 0 aliphatic rings. The van der Waals surface area contributed by atoms with E-state index in [2.05, 4.69) is 20.4 Å². The van der Waals surface area contributed by atoms with E-state index >= 15 is 0 Å². The SMILES string of the molecule is C=CCC.CCCCCOC(C)=O. The molecule has 0 rings (SSSR count). The number of hydrogen-bond donors (Lipinski definition) is 0. The summed E-state index contributed by atoms with van der Waals surface area (Å²) in [5.41, 5.74) is 0. The molecule has 0 saturated heterocycles. The molecule has 0 aliphatic carbocycles. The van der Waals surface area contributed by atoms with Gasteiger partial charge in [0.15, 0.2) is 0 Å². The summed E-state index contributed by atoms with van der Waals surface area (Å²) in [6, 6.07) is 0. The fourth-order valence-corrected chi connectivity index (χ4v) is 0.568. The van der Waals surface area contributed by atoms with Gasteiger partial charge >= 0.3 is 5.97 Å². The molecule has 0 aliphatic heterocycles. The lowest BCUT2D eigenvalue weighted by Crippen LogP contribution is -1.99. The van der Waals surface area contributed by atoms with E-state index in [1.807, 2.05) is 6.08 Å². The van der Waals surface area contributed by atoms with Gasteiger partial charge in [-0.15, -0.1) is 6.58 Å². The number of carbonyl (C=O) groups excluding carboxylic acids is 1. The predicted molar refractivity (Wildman–Crippen MR) is 56.6 cm³/mol. The second-order valence-corrected chi connectivity index (χ2v) is 2.74. The molecular weight excluding hydrogens is 164 g/mol. The van der Waals surface area contributed by atoms with Crippen molar-refractivity contribution in [2.24, 2.45) is 0 Å². The molecule has 0 saturated carbocycles. The first-order chi connectivity index (χ1) is 6.18. The van der Waals surface area contributed by atoms with Crippen LogP contribution in [0.25, 0.3) is 0 Å². The van der Waals surface area contributed by atoms with Crippen molar-refractivity contribution in [2.75, 3.05) is 6.61 Å². The highest BCUT2D eigenvalue weighted by atomic mass is 16.5. The van der Waals surface area contributed by atoms with Crippen LogP contribution in [0.4, 0.5) is 0 Å². The van der Waals surface area contributed by atoms with Gasteiger partial charge in [0.25, 0.3) is 0 Å². The molecule has 0 atom stereocenters. The van der Waals surface area contributed by atoms with Gasteiger partial charge in [0.1, 0.15) is 0 Å². The first-order valence-electron chi connectivity index (χ1n) is 4.93. The Hall–Kier alpha value is -0.790. The highest BCUT2D eigenvalue weighted by Crippen LogP contribution is 1.93. The lowest BCUT2D eigenvalue weighted by atomic mass is 10.3. The summed E-state index contributed by atoms with van der Waals surface area (Å²) >= 11 is 0. The lowest BCUT2D eigenvalue weighted by Gasteiger charge is -1.98. The summed E-state index contributed by atoms with van der Waals surface area (Å²) < 4.78 is 4.70. The Morgan fingerprint density at radius 2 is 1.92 bits per heavy atom. The van der Waals surface area contributed by atoms with E-state index in [1.54, 1.807) is 0 Å². The molecule has 0 unspecified atom stereocenters. The zero-order valence-corrected chi connectivity index (χ0v) is 9.14. The van der Waals surface area contributed by atoms with E-state index in [4.69, 9.17) is 4.74 Å². The molecular formula is C11H22O2. The van der Waals surface area contributed by atoms with Crippen molar-refractivity contribution in [3.63, 3.8) is 0 Å². The number of hydrogen-bond acceptors (Lipinski definition) is 2. The monoisotopic (exact) mass is 186 g/mol. The number of rotatable bonds is 5. The van der Waals surface area contributed by atoms with Crippen molar-refractivity contribution >= 4 is 5.97 Å². The van der Waals surface area contributed by atoms with E-state index in [0.29, 0.717) is 6.61 Å². The largest absolute Gasteiger partial charge is 0.466 e. The molecule has 0 aromatic carbocycles. The topological polar surface area (TPSA) is 26.3 Å². The molecule has 0 heterocycles. The molecule has 0 amide bonds. The van der Waals surface area contributed by atoms with Gasteiger partial charge < -0.3 is 4.74 Å². The molecule has 0 aromatic rings. The van der Waals surface area contributed by atoms with E-state index in [9.17, 15) is 4.79 Å². The van der Waals surface area contributed by atoms with Gasteiger partial charge in [-0.2, -0.15) is 0 Å². The van der Waals surface area contributed by atoms with Crippen LogP contribution in [0.2, 0.25) is 0 Å². The Bertz CT molecular complexity index is 119. The van der Waals surface area contributed by atoms with Gasteiger partial charge in [0.2, 0.25) is 0 Å². The maximum Gasteiger partial charge on any atom is 0.302 e. The Balaban J connectivity index is 0. The normalized spacial score (nSPS) is 8.23. The zero-order valence-electron chi connectivity index (χ0n) is 9.14. The van der Waals surface area contributed by atoms with E-state index in [1.165, 1.54) is 13.3 Å². The average Bonchev–Trinajstić information content (AvgIpc) is 2.13. The summed E-state index contributed by atoms with van der Waals surface area (Å²) in [6.07, 6.45) is 6.27. The smallest absolute Gasteiger partial charge is 0.302 e. The number of carbonyl (C=O) groups is 1. The van der Waals surface area contributed by atoms with Gasteiger partial charge in [-0.05, 0) is 12.8 Å². The third kappa shape index (κ3) is 24.7. The van der Waals surface area contributed by atoms with Crippen molar-refractivity contribution in [2.45, 2.75) is 46.5 Å². The molecule has 0 aromatic heterocycles. The van der Waals surface area contributed by atoms with E-state index in [-0.39, 0.29) is 5.97 Å². The van der Waals surface area contributed by atoms with Crippen LogP contribution in [0.3, 0.4) is 0 Å². The van der Waals surface area contributed by atoms with Crippen LogP contribution in [0.5, 0.6) is 0 Å². The number of unbranched alkanes of at least 4 members (excludes halogenated alkanes) is 2. The summed E-state index contributed by atoms with van der Waals surface area (Å²) in [6.45, 7) is 9.68. The predicted octanol–water partition coefficient (Wildman–Crippen LogP) is 3.32. The van der Waals surface area contributed by atoms with Crippen LogP contribution in [0.1, 0.15) is 46.5 Å². The van der Waals surface area contributed by atoms with Crippen LogP contribution in [0.15, 0.2) is 12.7 Å². The molecule has 0 N–H and O–H groups in total. The Labute approximate surface area is 82.0 Å². The first kappa shape index (κ1) is 14.7. The summed E-state index contributed by atoms with van der Waals surface area (Å²) in [5, 5.41) is 0. The quantitative estimate of drug-likeness (QED) is 0.374. The van der Waals surface area contributed by atoms with Gasteiger partial charge in [0.05, 0.1) is 6.61 Å². The number of allylic oxidation sites excluding steroid dienone is 1. The minimum Gasteiger partial charge on any atom is -0.466 e. The summed E-state index contributed by atoms with van der Waals surface area (Å²) in [4.78, 5) is 10.2. The van der Waals surface area contributed by atoms with E-state index in [0.717, 1.165) is 19.3 Å². The molecule has 13 heavy (non-hydrogen) atoms. The highest BCUT2D eigenvalue weighted by Gasteiger charge is 1.89. The van der Waals surface area contributed by atoms with Crippen LogP contribution in [-0.2, 0) is 9.53 Å². The second-order valence-electron chi connectivity index (χ2n) is 2.74. The number of esters is 1. The minimum atomic E-state index is -0.175. The Morgan fingerprint density at radius 1 is 1.38 bits per heavy atom. The van der Waals surface area contributed by atoms with Gasteiger partial charge in [-0.25, -0.2) is 0 Å². The van der Waals surface area contributed by atoms with Crippen LogP contribution >= 0.6 is 0 Å². The Morgan fingerprint density at radius 3 is 2.23 bits per heavy atom. The maximum absolute atomic E-state index is 10.2. The minimum absolute atomic E-state index is 0.175. The van der Waals surface area contributed by atoms with E-state index < -0.39 is 0 Å². The first-order valence-corrected chi connectivity index (χ1v) is 4.93. The molecule has 0 spiro atoms. The van der Waals surface area contributed by atoms with Crippen LogP contribution in [0, 0.1) is 0 Å². The van der Waals surface area contributed by atoms with Crippen molar-refractivity contribution < 1.29 is 9.53 Å². The van der Waals surface area contributed by atoms with Gasteiger partial charge in [-0.1, -0.05) is 32.8 Å². The van der Waals surface area contributed by atoms with Crippen molar-refractivity contribution in [3.05, 3.63) is 12.7 Å². The van der Waals surface area contributed by atoms with Crippen molar-refractivity contribution in [1.82, 2.24) is 0 Å². The molecule has 0 radical (unpaired) electrons. The van der Waals surface area contributed by atoms with Crippen LogP contribution < -0.4 is 0 Å². The number of ether oxygens (including phenoxy) is 1. The molecule has 0 fully saturated rings. The molecule has 0 bridgehead atoms. The Kier molecular flexibility index (Phi) is 15.6. The van der Waals surface area contributed by atoms with Crippen molar-refractivity contribution in [3.8, 4) is 0 Å². The highest BCUT2D eigenvalue weighted by molar-refractivity contribution is 5.65. The third-order valence-corrected chi connectivity index (χ3v) is 1.34. The summed E-state index contributed by atoms with van der Waals surface area (Å²) in [5.74, 6) is -0.175. The second kappa shape index (κ2) is 13.8. The molecule has 2 heteroatoms. The van der Waals surface area contributed by atoms with Gasteiger partial charge in [-0.3, -0.25) is 4.79 Å².